The van der Waals surface area contributed by atoms with Gasteiger partial charge in [0.05, 0.1) is 5.69 Å². The SMILES string of the molecule is CC(CCCO)Nc1nn(C)cc1N. The maximum absolute atomic E-state index is 8.67. The predicted octanol–water partition coefficient (Wildman–Crippen LogP) is 0.575. The van der Waals surface area contributed by atoms with Crippen molar-refractivity contribution in [1.82, 2.24) is 9.78 Å². The van der Waals surface area contributed by atoms with Gasteiger partial charge in [-0.15, -0.1) is 0 Å². The van der Waals surface area contributed by atoms with E-state index in [2.05, 4.69) is 10.4 Å². The Morgan fingerprint density at radius 1 is 1.71 bits per heavy atom. The zero-order valence-electron chi connectivity index (χ0n) is 8.70. The molecule has 1 atom stereocenters. The third kappa shape index (κ3) is 2.92. The van der Waals surface area contributed by atoms with Crippen LogP contribution in [0.3, 0.4) is 0 Å². The molecular weight excluding hydrogens is 180 g/mol. The number of aliphatic hydroxyl groups excluding tert-OH is 1. The van der Waals surface area contributed by atoms with Gasteiger partial charge in [-0.2, -0.15) is 5.10 Å². The molecule has 1 rings (SSSR count). The molecular formula is C9H18N4O. The summed E-state index contributed by atoms with van der Waals surface area (Å²) >= 11 is 0. The normalized spacial score (nSPS) is 12.8. The van der Waals surface area contributed by atoms with Gasteiger partial charge in [0.2, 0.25) is 0 Å². The summed E-state index contributed by atoms with van der Waals surface area (Å²) in [4.78, 5) is 0. The number of nitrogen functional groups attached to an aromatic ring is 1. The van der Waals surface area contributed by atoms with Crippen LogP contribution < -0.4 is 11.1 Å². The van der Waals surface area contributed by atoms with Gasteiger partial charge in [0.15, 0.2) is 5.82 Å². The molecule has 0 aromatic carbocycles. The number of aryl methyl sites for hydroxylation is 1. The first-order valence-electron chi connectivity index (χ1n) is 4.80. The van der Waals surface area contributed by atoms with Gasteiger partial charge in [0.25, 0.3) is 0 Å². The maximum atomic E-state index is 8.67. The van der Waals surface area contributed by atoms with Gasteiger partial charge in [0.1, 0.15) is 0 Å². The predicted molar refractivity (Wildman–Crippen MR) is 57.0 cm³/mol. The summed E-state index contributed by atoms with van der Waals surface area (Å²) in [7, 11) is 1.83. The quantitative estimate of drug-likeness (QED) is 0.646. The first-order valence-corrected chi connectivity index (χ1v) is 4.80. The van der Waals surface area contributed by atoms with Crippen molar-refractivity contribution in [2.24, 2.45) is 7.05 Å². The lowest BCUT2D eigenvalue weighted by atomic mass is 10.2. The summed E-state index contributed by atoms with van der Waals surface area (Å²) < 4.78 is 1.68. The van der Waals surface area contributed by atoms with E-state index in [1.165, 1.54) is 0 Å². The summed E-state index contributed by atoms with van der Waals surface area (Å²) in [6, 6.07) is 0.277. The van der Waals surface area contributed by atoms with Crippen LogP contribution >= 0.6 is 0 Å². The number of rotatable bonds is 5. The molecule has 1 unspecified atom stereocenters. The van der Waals surface area contributed by atoms with Crippen molar-refractivity contribution >= 4 is 11.5 Å². The molecule has 0 aliphatic carbocycles. The number of anilines is 2. The topological polar surface area (TPSA) is 76.1 Å². The second-order valence-corrected chi connectivity index (χ2v) is 3.52. The minimum absolute atomic E-state index is 0.226. The van der Waals surface area contributed by atoms with E-state index in [9.17, 15) is 0 Å². The van der Waals surface area contributed by atoms with Gasteiger partial charge in [-0.25, -0.2) is 0 Å². The number of nitrogens with one attached hydrogen (secondary N) is 1. The highest BCUT2D eigenvalue weighted by molar-refractivity contribution is 5.60. The highest BCUT2D eigenvalue weighted by atomic mass is 16.2. The van der Waals surface area contributed by atoms with Crippen molar-refractivity contribution in [2.75, 3.05) is 17.7 Å². The van der Waals surface area contributed by atoms with Gasteiger partial charge >= 0.3 is 0 Å². The van der Waals surface area contributed by atoms with Crippen molar-refractivity contribution < 1.29 is 5.11 Å². The van der Waals surface area contributed by atoms with Crippen LogP contribution in [0.25, 0.3) is 0 Å². The first-order chi connectivity index (χ1) is 6.63. The summed E-state index contributed by atoms with van der Waals surface area (Å²) in [6.45, 7) is 2.27. The van der Waals surface area contributed by atoms with Crippen LogP contribution in [0.15, 0.2) is 6.20 Å². The van der Waals surface area contributed by atoms with Crippen molar-refractivity contribution in [1.29, 1.82) is 0 Å². The van der Waals surface area contributed by atoms with E-state index in [-0.39, 0.29) is 12.6 Å². The fraction of sp³-hybridized carbons (Fsp3) is 0.667. The summed E-state index contributed by atoms with van der Waals surface area (Å²) in [5.41, 5.74) is 6.38. The second kappa shape index (κ2) is 4.85. The molecule has 14 heavy (non-hydrogen) atoms. The molecule has 4 N–H and O–H groups in total. The van der Waals surface area contributed by atoms with Crippen molar-refractivity contribution in [2.45, 2.75) is 25.8 Å². The molecule has 5 nitrogen and oxygen atoms in total. The fourth-order valence-electron chi connectivity index (χ4n) is 1.32. The summed E-state index contributed by atoms with van der Waals surface area (Å²) in [5.74, 6) is 0.720. The second-order valence-electron chi connectivity index (χ2n) is 3.52. The first kappa shape index (κ1) is 10.8. The molecule has 5 heteroatoms. The molecule has 0 fully saturated rings. The van der Waals surface area contributed by atoms with Crippen molar-refractivity contribution in [3.63, 3.8) is 0 Å². The lowest BCUT2D eigenvalue weighted by Crippen LogP contribution is -2.16. The van der Waals surface area contributed by atoms with Gasteiger partial charge in [-0.3, -0.25) is 4.68 Å². The molecule has 0 saturated heterocycles. The molecule has 80 valence electrons. The molecule has 1 heterocycles. The van der Waals surface area contributed by atoms with Crippen LogP contribution in [-0.4, -0.2) is 27.5 Å². The summed E-state index contributed by atoms with van der Waals surface area (Å²) in [6.07, 6.45) is 3.47. The third-order valence-electron chi connectivity index (χ3n) is 2.04. The number of nitrogens with two attached hydrogens (primary N) is 1. The van der Waals surface area contributed by atoms with Gasteiger partial charge in [-0.1, -0.05) is 0 Å². The van der Waals surface area contributed by atoms with Crippen LogP contribution in [0, 0.1) is 0 Å². The number of aromatic nitrogens is 2. The maximum Gasteiger partial charge on any atom is 0.171 e. The van der Waals surface area contributed by atoms with E-state index in [4.69, 9.17) is 10.8 Å². The Hall–Kier alpha value is -1.23. The highest BCUT2D eigenvalue weighted by Crippen LogP contribution is 2.16. The molecule has 0 radical (unpaired) electrons. The molecule has 1 aromatic heterocycles. The summed E-state index contributed by atoms with van der Waals surface area (Å²) in [5, 5.41) is 16.0. The van der Waals surface area contributed by atoms with Crippen LogP contribution in [0.5, 0.6) is 0 Å². The molecule has 0 aliphatic heterocycles. The van der Waals surface area contributed by atoms with Crippen LogP contribution in [0.2, 0.25) is 0 Å². The third-order valence-corrected chi connectivity index (χ3v) is 2.04. The number of nitrogens with zero attached hydrogens (tertiary/aromatic N) is 2. The van der Waals surface area contributed by atoms with Crippen molar-refractivity contribution in [3.05, 3.63) is 6.20 Å². The number of hydrogen-bond donors (Lipinski definition) is 3. The zero-order chi connectivity index (χ0) is 10.6. The van der Waals surface area contributed by atoms with E-state index in [1.807, 2.05) is 14.0 Å². The Balaban J connectivity index is 2.47. The van der Waals surface area contributed by atoms with Gasteiger partial charge in [0, 0.05) is 25.9 Å². The minimum Gasteiger partial charge on any atom is -0.396 e. The van der Waals surface area contributed by atoms with Crippen LogP contribution in [-0.2, 0) is 7.05 Å². The Bertz CT molecular complexity index is 284. The van der Waals surface area contributed by atoms with Crippen LogP contribution in [0.4, 0.5) is 11.5 Å². The molecule has 0 bridgehead atoms. The molecule has 0 amide bonds. The zero-order valence-corrected chi connectivity index (χ0v) is 8.70. The highest BCUT2D eigenvalue weighted by Gasteiger charge is 2.07. The molecule has 0 aliphatic rings. The monoisotopic (exact) mass is 198 g/mol. The minimum atomic E-state index is 0.226. The standard InChI is InChI=1S/C9H18N4O/c1-7(4-3-5-14)11-9-8(10)6-13(2)12-9/h6-7,14H,3-5,10H2,1-2H3,(H,11,12). The molecule has 0 spiro atoms. The largest absolute Gasteiger partial charge is 0.396 e. The van der Waals surface area contributed by atoms with E-state index >= 15 is 0 Å². The van der Waals surface area contributed by atoms with E-state index in [0.29, 0.717) is 5.69 Å². The molecule has 0 saturated carbocycles. The Labute approximate surface area is 83.9 Å². The Morgan fingerprint density at radius 2 is 2.43 bits per heavy atom. The van der Waals surface area contributed by atoms with Crippen molar-refractivity contribution in [3.8, 4) is 0 Å². The fourth-order valence-corrected chi connectivity index (χ4v) is 1.32. The lowest BCUT2D eigenvalue weighted by Gasteiger charge is -2.12. The smallest absolute Gasteiger partial charge is 0.171 e. The van der Waals surface area contributed by atoms with Gasteiger partial charge < -0.3 is 16.2 Å². The average molecular weight is 198 g/mol. The Kier molecular flexibility index (Phi) is 3.76. The van der Waals surface area contributed by atoms with Crippen LogP contribution in [0.1, 0.15) is 19.8 Å². The number of aliphatic hydroxyl groups is 1. The van der Waals surface area contributed by atoms with E-state index in [1.54, 1.807) is 10.9 Å². The van der Waals surface area contributed by atoms with Gasteiger partial charge in [-0.05, 0) is 19.8 Å². The number of hydrogen-bond acceptors (Lipinski definition) is 4. The van der Waals surface area contributed by atoms with E-state index in [0.717, 1.165) is 18.7 Å². The average Bonchev–Trinajstić information content (AvgIpc) is 2.42. The lowest BCUT2D eigenvalue weighted by molar-refractivity contribution is 0.282. The van der Waals surface area contributed by atoms with E-state index < -0.39 is 0 Å². The molecule has 1 aromatic rings. The Morgan fingerprint density at radius 3 is 2.93 bits per heavy atom.